The highest BCUT2D eigenvalue weighted by Crippen LogP contribution is 2.34. The third-order valence-corrected chi connectivity index (χ3v) is 7.40. The Morgan fingerprint density at radius 1 is 0.977 bits per heavy atom. The van der Waals surface area contributed by atoms with Gasteiger partial charge in [-0.1, -0.05) is 41.9 Å². The van der Waals surface area contributed by atoms with Crippen LogP contribution in [0.5, 0.6) is 5.75 Å². The normalized spacial score (nSPS) is 14.6. The maximum absolute atomic E-state index is 12.3. The quantitative estimate of drug-likeness (QED) is 0.244. The number of hydrogen-bond acceptors (Lipinski definition) is 8. The lowest BCUT2D eigenvalue weighted by Gasteiger charge is -2.35. The summed E-state index contributed by atoms with van der Waals surface area (Å²) in [5, 5.41) is 4.00. The number of benzene rings is 2. The molecule has 1 aliphatic heterocycles. The Balaban J connectivity index is 1.29. The summed E-state index contributed by atoms with van der Waals surface area (Å²) < 4.78 is 13.7. The van der Waals surface area contributed by atoms with Gasteiger partial charge in [0.2, 0.25) is 0 Å². The van der Waals surface area contributed by atoms with Crippen LogP contribution in [0.3, 0.4) is 0 Å². The molecule has 4 aromatic rings. The van der Waals surface area contributed by atoms with E-state index >= 15 is 0 Å². The summed E-state index contributed by atoms with van der Waals surface area (Å²) in [6.45, 7) is 16.6. The molecule has 0 spiro atoms. The highest BCUT2D eigenvalue weighted by atomic mass is 35.5. The average Bonchev–Trinajstić information content (AvgIpc) is 3.31. The van der Waals surface area contributed by atoms with Crippen LogP contribution in [0.4, 0.5) is 10.6 Å². The summed E-state index contributed by atoms with van der Waals surface area (Å²) in [7, 11) is 0. The molecule has 44 heavy (non-hydrogen) atoms. The molecular formula is C33H42ClN7O3. The number of ether oxygens (including phenoxy) is 2. The fraction of sp³-hybridized carbons (Fsp3) is 0.455. The predicted molar refractivity (Wildman–Crippen MR) is 174 cm³/mol. The van der Waals surface area contributed by atoms with E-state index in [4.69, 9.17) is 26.1 Å². The number of halogens is 1. The van der Waals surface area contributed by atoms with Gasteiger partial charge in [0.05, 0.1) is 11.6 Å². The third-order valence-electron chi connectivity index (χ3n) is 7.09. The van der Waals surface area contributed by atoms with Crippen molar-refractivity contribution >= 4 is 34.7 Å². The van der Waals surface area contributed by atoms with Crippen molar-refractivity contribution in [1.29, 1.82) is 0 Å². The fourth-order valence-corrected chi connectivity index (χ4v) is 5.30. The zero-order valence-corrected chi connectivity index (χ0v) is 27.2. The van der Waals surface area contributed by atoms with Crippen molar-refractivity contribution in [3.05, 3.63) is 65.4 Å². The average molecular weight is 620 g/mol. The van der Waals surface area contributed by atoms with E-state index in [2.05, 4.69) is 57.7 Å². The Hall–Kier alpha value is -3.89. The van der Waals surface area contributed by atoms with Crippen LogP contribution in [-0.4, -0.2) is 85.9 Å². The summed E-state index contributed by atoms with van der Waals surface area (Å²) >= 11 is 6.89. The van der Waals surface area contributed by atoms with Crippen molar-refractivity contribution in [1.82, 2.24) is 29.3 Å². The highest BCUT2D eigenvalue weighted by molar-refractivity contribution is 6.33. The molecule has 5 rings (SSSR count). The molecule has 1 aliphatic rings. The number of fused-ring (bicyclic) bond motifs is 1. The van der Waals surface area contributed by atoms with Crippen LogP contribution >= 0.6 is 11.6 Å². The van der Waals surface area contributed by atoms with Gasteiger partial charge in [-0.2, -0.15) is 0 Å². The van der Waals surface area contributed by atoms with Crippen molar-refractivity contribution in [3.63, 3.8) is 0 Å². The number of rotatable bonds is 8. The van der Waals surface area contributed by atoms with Crippen molar-refractivity contribution in [3.8, 4) is 17.1 Å². The molecule has 234 valence electrons. The van der Waals surface area contributed by atoms with E-state index in [1.165, 1.54) is 0 Å². The molecule has 0 saturated carbocycles. The second-order valence-corrected chi connectivity index (χ2v) is 13.5. The van der Waals surface area contributed by atoms with E-state index in [0.29, 0.717) is 54.2 Å². The minimum absolute atomic E-state index is 0.201. The van der Waals surface area contributed by atoms with E-state index < -0.39 is 5.60 Å². The van der Waals surface area contributed by atoms with Crippen molar-refractivity contribution in [2.75, 3.05) is 44.6 Å². The highest BCUT2D eigenvalue weighted by Gasteiger charge is 2.26. The van der Waals surface area contributed by atoms with E-state index in [1.807, 2.05) is 57.2 Å². The van der Waals surface area contributed by atoms with Crippen molar-refractivity contribution in [2.24, 2.45) is 0 Å². The first-order chi connectivity index (χ1) is 20.9. The second kappa shape index (κ2) is 13.0. The molecule has 2 aromatic carbocycles. The standard InChI is InChI=1S/C33H42ClN7O3/c1-32(2,3)38-28-27-30(36-22-35-28)41(21-23-10-8-7-9-11-23)29(37-27)25-13-12-24(20-26(25)34)43-19-18-39-14-16-40(17-15-39)31(42)44-33(4,5)6/h7-13,20,22H,14-19,21H2,1-6H3,(H,35,36,38). The van der Waals surface area contributed by atoms with E-state index in [0.717, 1.165) is 36.4 Å². The molecule has 1 N–H and O–H groups in total. The predicted octanol–water partition coefficient (Wildman–Crippen LogP) is 6.34. The van der Waals surface area contributed by atoms with Crippen molar-refractivity contribution in [2.45, 2.75) is 59.2 Å². The lowest BCUT2D eigenvalue weighted by Crippen LogP contribution is -2.50. The zero-order chi connectivity index (χ0) is 31.5. The second-order valence-electron chi connectivity index (χ2n) is 13.1. The van der Waals surface area contributed by atoms with Gasteiger partial charge in [0.15, 0.2) is 17.0 Å². The summed E-state index contributed by atoms with van der Waals surface area (Å²) in [6, 6.07) is 15.9. The number of amides is 1. The van der Waals surface area contributed by atoms with Gasteiger partial charge in [-0.25, -0.2) is 19.7 Å². The number of aromatic nitrogens is 4. The molecule has 2 aromatic heterocycles. The minimum Gasteiger partial charge on any atom is -0.492 e. The Morgan fingerprint density at radius 2 is 1.70 bits per heavy atom. The molecule has 3 heterocycles. The Labute approximate surface area is 264 Å². The summed E-state index contributed by atoms with van der Waals surface area (Å²) in [5.41, 5.74) is 2.64. The minimum atomic E-state index is -0.492. The van der Waals surface area contributed by atoms with Crippen LogP contribution < -0.4 is 10.1 Å². The maximum Gasteiger partial charge on any atom is 0.410 e. The molecular weight excluding hydrogens is 578 g/mol. The number of nitrogens with one attached hydrogen (secondary N) is 1. The SMILES string of the molecule is CC(C)(C)Nc1ncnc2c1nc(-c1ccc(OCCN3CCN(C(=O)OC(C)(C)C)CC3)cc1Cl)n2Cc1ccccc1. The first kappa shape index (κ1) is 31.5. The Bertz CT molecular complexity index is 1590. The largest absolute Gasteiger partial charge is 0.492 e. The Kier molecular flexibility index (Phi) is 9.31. The van der Waals surface area contributed by atoms with Gasteiger partial charge in [-0.05, 0) is 65.3 Å². The molecule has 0 aliphatic carbocycles. The molecule has 1 amide bonds. The number of piperazine rings is 1. The van der Waals surface area contributed by atoms with Gasteiger partial charge in [0, 0.05) is 43.8 Å². The molecule has 1 saturated heterocycles. The van der Waals surface area contributed by atoms with Crippen LogP contribution in [0.2, 0.25) is 5.02 Å². The first-order valence-corrected chi connectivity index (χ1v) is 15.4. The molecule has 0 radical (unpaired) electrons. The van der Waals surface area contributed by atoms with Gasteiger partial charge in [0.1, 0.15) is 30.1 Å². The van der Waals surface area contributed by atoms with Crippen LogP contribution in [0.15, 0.2) is 54.9 Å². The molecule has 0 bridgehead atoms. The van der Waals surface area contributed by atoms with Gasteiger partial charge < -0.3 is 24.3 Å². The number of anilines is 1. The van der Waals surface area contributed by atoms with Crippen molar-refractivity contribution < 1.29 is 14.3 Å². The van der Waals surface area contributed by atoms with Gasteiger partial charge >= 0.3 is 6.09 Å². The lowest BCUT2D eigenvalue weighted by molar-refractivity contribution is 0.0137. The van der Waals surface area contributed by atoms with E-state index in [9.17, 15) is 4.79 Å². The van der Waals surface area contributed by atoms with Crippen LogP contribution in [0, 0.1) is 0 Å². The number of carbonyl (C=O) groups excluding carboxylic acids is 1. The topological polar surface area (TPSA) is 97.6 Å². The number of hydrogen-bond donors (Lipinski definition) is 1. The first-order valence-electron chi connectivity index (χ1n) is 15.0. The maximum atomic E-state index is 12.3. The van der Waals surface area contributed by atoms with E-state index in [1.54, 1.807) is 11.2 Å². The number of nitrogens with zero attached hydrogens (tertiary/aromatic N) is 6. The zero-order valence-electron chi connectivity index (χ0n) is 26.4. The van der Waals surface area contributed by atoms with Crippen LogP contribution in [0.25, 0.3) is 22.6 Å². The third kappa shape index (κ3) is 7.98. The monoisotopic (exact) mass is 619 g/mol. The van der Waals surface area contributed by atoms with Gasteiger partial charge in [0.25, 0.3) is 0 Å². The number of imidazole rings is 1. The molecule has 0 atom stereocenters. The van der Waals surface area contributed by atoms with E-state index in [-0.39, 0.29) is 11.6 Å². The molecule has 10 nitrogen and oxygen atoms in total. The van der Waals surface area contributed by atoms with Crippen LogP contribution in [-0.2, 0) is 11.3 Å². The molecule has 0 unspecified atom stereocenters. The summed E-state index contributed by atoms with van der Waals surface area (Å²) in [4.78, 5) is 30.5. The fourth-order valence-electron chi connectivity index (χ4n) is 5.04. The van der Waals surface area contributed by atoms with Gasteiger partial charge in [-0.3, -0.25) is 4.90 Å². The number of carbonyl (C=O) groups is 1. The smallest absolute Gasteiger partial charge is 0.410 e. The molecule has 11 heteroatoms. The Morgan fingerprint density at radius 3 is 2.36 bits per heavy atom. The van der Waals surface area contributed by atoms with Crippen LogP contribution in [0.1, 0.15) is 47.1 Å². The van der Waals surface area contributed by atoms with Gasteiger partial charge in [-0.15, -0.1) is 0 Å². The molecule has 1 fully saturated rings. The summed E-state index contributed by atoms with van der Waals surface area (Å²) in [5.74, 6) is 2.08. The lowest BCUT2D eigenvalue weighted by atomic mass is 10.1. The summed E-state index contributed by atoms with van der Waals surface area (Å²) in [6.07, 6.45) is 1.31.